The number of carbonyl (C=O) groups excluding carboxylic acids is 1. The Morgan fingerprint density at radius 2 is 1.85 bits per heavy atom. The first-order chi connectivity index (χ1) is 9.47. The molecule has 2 amide bonds. The van der Waals surface area contributed by atoms with Crippen molar-refractivity contribution in [3.05, 3.63) is 23.8 Å². The predicted octanol–water partition coefficient (Wildman–Crippen LogP) is 0.870. The molecule has 0 radical (unpaired) electrons. The van der Waals surface area contributed by atoms with Crippen LogP contribution in [0.15, 0.2) is 18.2 Å². The van der Waals surface area contributed by atoms with Crippen LogP contribution in [0.2, 0.25) is 0 Å². The minimum absolute atomic E-state index is 0.132. The second-order valence-electron chi connectivity index (χ2n) is 4.76. The fraction of sp³-hybridized carbons (Fsp3) is 0.385. The number of likely N-dealkylation sites (N-methyl/N-ethyl adjacent to an activating group) is 1. The number of benzene rings is 1. The van der Waals surface area contributed by atoms with E-state index in [0.29, 0.717) is 13.1 Å². The van der Waals surface area contributed by atoms with Crippen LogP contribution in [0, 0.1) is 0 Å². The van der Waals surface area contributed by atoms with Gasteiger partial charge in [0.05, 0.1) is 11.3 Å². The van der Waals surface area contributed by atoms with E-state index in [1.165, 1.54) is 12.1 Å². The molecule has 0 atom stereocenters. The van der Waals surface area contributed by atoms with Gasteiger partial charge >= 0.3 is 12.0 Å². The van der Waals surface area contributed by atoms with Crippen molar-refractivity contribution in [2.45, 2.75) is 0 Å². The number of piperazine rings is 1. The molecule has 1 aromatic carbocycles. The summed E-state index contributed by atoms with van der Waals surface area (Å²) in [5, 5.41) is 21.0. The van der Waals surface area contributed by atoms with Crippen LogP contribution in [0.3, 0.4) is 0 Å². The highest BCUT2D eigenvalue weighted by Gasteiger charge is 2.21. The van der Waals surface area contributed by atoms with Crippen molar-refractivity contribution in [3.8, 4) is 5.75 Å². The fourth-order valence-corrected chi connectivity index (χ4v) is 2.02. The molecule has 1 aromatic rings. The van der Waals surface area contributed by atoms with Gasteiger partial charge in [0.15, 0.2) is 0 Å². The van der Waals surface area contributed by atoms with E-state index in [0.717, 1.165) is 19.2 Å². The Hall–Kier alpha value is -2.28. The Kier molecular flexibility index (Phi) is 4.09. The molecule has 1 saturated heterocycles. The van der Waals surface area contributed by atoms with Crippen LogP contribution >= 0.6 is 0 Å². The number of carboxylic acid groups (broad SMARTS) is 1. The Morgan fingerprint density at radius 1 is 1.20 bits per heavy atom. The van der Waals surface area contributed by atoms with Crippen molar-refractivity contribution in [3.63, 3.8) is 0 Å². The third-order valence-electron chi connectivity index (χ3n) is 3.27. The number of rotatable bonds is 2. The van der Waals surface area contributed by atoms with Crippen LogP contribution in [0.25, 0.3) is 0 Å². The first-order valence-electron chi connectivity index (χ1n) is 6.28. The van der Waals surface area contributed by atoms with Crippen LogP contribution in [0.4, 0.5) is 10.5 Å². The normalized spacial score (nSPS) is 15.9. The lowest BCUT2D eigenvalue weighted by molar-refractivity contribution is 0.0697. The number of aromatic carboxylic acids is 1. The largest absolute Gasteiger partial charge is 0.508 e. The van der Waals surface area contributed by atoms with E-state index in [-0.39, 0.29) is 23.0 Å². The third-order valence-corrected chi connectivity index (χ3v) is 3.27. The Bertz CT molecular complexity index is 524. The lowest BCUT2D eigenvalue weighted by atomic mass is 10.1. The predicted molar refractivity (Wildman–Crippen MR) is 73.2 cm³/mol. The molecule has 7 nitrogen and oxygen atoms in total. The molecule has 1 heterocycles. The summed E-state index contributed by atoms with van der Waals surface area (Å²) >= 11 is 0. The highest BCUT2D eigenvalue weighted by molar-refractivity contribution is 6.00. The first-order valence-corrected chi connectivity index (χ1v) is 6.28. The summed E-state index contributed by atoms with van der Waals surface area (Å²) in [6, 6.07) is 3.51. The highest BCUT2D eigenvalue weighted by Crippen LogP contribution is 2.21. The highest BCUT2D eigenvalue weighted by atomic mass is 16.4. The summed E-state index contributed by atoms with van der Waals surface area (Å²) in [5.74, 6) is -1.35. The molecule has 0 bridgehead atoms. The van der Waals surface area contributed by atoms with E-state index in [4.69, 9.17) is 5.11 Å². The zero-order valence-electron chi connectivity index (χ0n) is 11.2. The molecule has 20 heavy (non-hydrogen) atoms. The zero-order valence-corrected chi connectivity index (χ0v) is 11.2. The molecule has 0 saturated carbocycles. The SMILES string of the molecule is CN1CCN(C(=O)Nc2ccc(O)cc2C(=O)O)CC1. The standard InChI is InChI=1S/C13H17N3O4/c1-15-4-6-16(7-5-15)13(20)14-11-3-2-9(17)8-10(11)12(18)19/h2-3,8,17H,4-7H2,1H3,(H,14,20)(H,18,19). The van der Waals surface area contributed by atoms with Gasteiger partial charge in [-0.25, -0.2) is 9.59 Å². The maximum absolute atomic E-state index is 12.1. The van der Waals surface area contributed by atoms with E-state index in [2.05, 4.69) is 10.2 Å². The zero-order chi connectivity index (χ0) is 14.7. The maximum Gasteiger partial charge on any atom is 0.337 e. The number of anilines is 1. The number of carbonyl (C=O) groups is 2. The van der Waals surface area contributed by atoms with Gasteiger partial charge in [-0.3, -0.25) is 0 Å². The molecule has 0 aromatic heterocycles. The molecule has 7 heteroatoms. The molecule has 1 aliphatic heterocycles. The van der Waals surface area contributed by atoms with E-state index in [9.17, 15) is 14.7 Å². The summed E-state index contributed by atoms with van der Waals surface area (Å²) in [6.45, 7) is 2.77. The lowest BCUT2D eigenvalue weighted by Crippen LogP contribution is -2.48. The molecule has 3 N–H and O–H groups in total. The molecular weight excluding hydrogens is 262 g/mol. The van der Waals surface area contributed by atoms with Crippen molar-refractivity contribution in [1.29, 1.82) is 0 Å². The van der Waals surface area contributed by atoms with Gasteiger partial charge in [-0.1, -0.05) is 0 Å². The molecule has 0 aliphatic carbocycles. The van der Waals surface area contributed by atoms with Gasteiger partial charge < -0.3 is 25.3 Å². The minimum Gasteiger partial charge on any atom is -0.508 e. The van der Waals surface area contributed by atoms with Gasteiger partial charge in [-0.15, -0.1) is 0 Å². The van der Waals surface area contributed by atoms with Crippen LogP contribution in [0.5, 0.6) is 5.75 Å². The molecular formula is C13H17N3O4. The number of phenolic OH excluding ortho intramolecular Hbond substituents is 1. The summed E-state index contributed by atoms with van der Waals surface area (Å²) in [6.07, 6.45) is 0. The summed E-state index contributed by atoms with van der Waals surface area (Å²) in [7, 11) is 1.98. The fourth-order valence-electron chi connectivity index (χ4n) is 2.02. The molecule has 108 valence electrons. The number of amides is 2. The van der Waals surface area contributed by atoms with Crippen LogP contribution in [-0.2, 0) is 0 Å². The van der Waals surface area contributed by atoms with Gasteiger partial charge in [0, 0.05) is 26.2 Å². The Balaban J connectivity index is 2.10. The van der Waals surface area contributed by atoms with E-state index >= 15 is 0 Å². The average molecular weight is 279 g/mol. The van der Waals surface area contributed by atoms with E-state index < -0.39 is 5.97 Å². The van der Waals surface area contributed by atoms with Crippen LogP contribution in [0.1, 0.15) is 10.4 Å². The average Bonchev–Trinajstić information content (AvgIpc) is 2.41. The number of aromatic hydroxyl groups is 1. The smallest absolute Gasteiger partial charge is 0.337 e. The van der Waals surface area contributed by atoms with Crippen LogP contribution < -0.4 is 5.32 Å². The summed E-state index contributed by atoms with van der Waals surface area (Å²) in [5.41, 5.74) is 0.0479. The number of phenols is 1. The summed E-state index contributed by atoms with van der Waals surface area (Å²) in [4.78, 5) is 26.9. The minimum atomic E-state index is -1.20. The van der Waals surface area contributed by atoms with Gasteiger partial charge in [0.25, 0.3) is 0 Å². The number of hydrogen-bond donors (Lipinski definition) is 3. The third kappa shape index (κ3) is 3.18. The second kappa shape index (κ2) is 5.79. The van der Waals surface area contributed by atoms with E-state index in [1.807, 2.05) is 7.05 Å². The van der Waals surface area contributed by atoms with Crippen LogP contribution in [-0.4, -0.2) is 65.2 Å². The van der Waals surface area contributed by atoms with Crippen molar-refractivity contribution in [2.24, 2.45) is 0 Å². The number of carboxylic acids is 1. The van der Waals surface area contributed by atoms with Crippen molar-refractivity contribution < 1.29 is 19.8 Å². The van der Waals surface area contributed by atoms with Crippen molar-refractivity contribution in [2.75, 3.05) is 38.5 Å². The van der Waals surface area contributed by atoms with Gasteiger partial charge in [0.2, 0.25) is 0 Å². The summed E-state index contributed by atoms with van der Waals surface area (Å²) < 4.78 is 0. The molecule has 0 spiro atoms. The quantitative estimate of drug-likeness (QED) is 0.698. The molecule has 1 aliphatic rings. The number of urea groups is 1. The second-order valence-corrected chi connectivity index (χ2v) is 4.76. The number of hydrogen-bond acceptors (Lipinski definition) is 4. The van der Waals surface area contributed by atoms with Crippen molar-refractivity contribution in [1.82, 2.24) is 9.80 Å². The number of nitrogens with one attached hydrogen (secondary N) is 1. The topological polar surface area (TPSA) is 93.1 Å². The van der Waals surface area contributed by atoms with E-state index in [1.54, 1.807) is 4.90 Å². The number of nitrogens with zero attached hydrogens (tertiary/aromatic N) is 2. The van der Waals surface area contributed by atoms with Crippen molar-refractivity contribution >= 4 is 17.7 Å². The van der Waals surface area contributed by atoms with Gasteiger partial charge in [0.1, 0.15) is 5.75 Å². The Morgan fingerprint density at radius 3 is 2.45 bits per heavy atom. The Labute approximate surface area is 116 Å². The molecule has 0 unspecified atom stereocenters. The molecule has 1 fully saturated rings. The first kappa shape index (κ1) is 14.1. The van der Waals surface area contributed by atoms with Gasteiger partial charge in [-0.2, -0.15) is 0 Å². The molecule has 2 rings (SSSR count). The lowest BCUT2D eigenvalue weighted by Gasteiger charge is -2.32. The van der Waals surface area contributed by atoms with Gasteiger partial charge in [-0.05, 0) is 25.2 Å². The maximum atomic E-state index is 12.1. The monoisotopic (exact) mass is 279 g/mol.